The first kappa shape index (κ1) is 21.5. The van der Waals surface area contributed by atoms with Crippen LogP contribution in [0.25, 0.3) is 16.0 Å². The Kier molecular flexibility index (Phi) is 6.35. The topological polar surface area (TPSA) is 68.9 Å². The third kappa shape index (κ3) is 4.63. The lowest BCUT2D eigenvalue weighted by molar-refractivity contribution is -0.118. The minimum absolute atomic E-state index is 0.121. The molecule has 2 aromatic heterocycles. The maximum atomic E-state index is 12.9. The molecule has 1 N–H and O–H groups in total. The van der Waals surface area contributed by atoms with Crippen molar-refractivity contribution >= 4 is 51.6 Å². The zero-order valence-electron chi connectivity index (χ0n) is 17.0. The fraction of sp³-hybridized carbons (Fsp3) is 0.182. The molecular formula is C22H20N4O2S3. The van der Waals surface area contributed by atoms with Gasteiger partial charge in [-0.1, -0.05) is 71.1 Å². The summed E-state index contributed by atoms with van der Waals surface area (Å²) in [6.45, 7) is 2.48. The van der Waals surface area contributed by atoms with Crippen LogP contribution in [-0.4, -0.2) is 25.8 Å². The molecule has 6 nitrogen and oxygen atoms in total. The highest BCUT2D eigenvalue weighted by molar-refractivity contribution is 7.99. The van der Waals surface area contributed by atoms with E-state index in [2.05, 4.69) is 5.32 Å². The summed E-state index contributed by atoms with van der Waals surface area (Å²) in [7, 11) is 1.66. The fourth-order valence-electron chi connectivity index (χ4n) is 3.04. The molecule has 0 aliphatic heterocycles. The molecule has 1 amide bonds. The van der Waals surface area contributed by atoms with Crippen LogP contribution >= 0.6 is 35.3 Å². The van der Waals surface area contributed by atoms with Gasteiger partial charge >= 0.3 is 0 Å². The van der Waals surface area contributed by atoms with Gasteiger partial charge in [-0.15, -0.1) is 0 Å². The Balaban J connectivity index is 1.59. The molecule has 0 spiro atoms. The number of carbonyl (C=O) groups is 1. The predicted octanol–water partition coefficient (Wildman–Crippen LogP) is 4.23. The van der Waals surface area contributed by atoms with Crippen molar-refractivity contribution in [2.24, 2.45) is 7.05 Å². The van der Waals surface area contributed by atoms with E-state index in [9.17, 15) is 9.59 Å². The minimum Gasteiger partial charge on any atom is -0.351 e. The first-order chi connectivity index (χ1) is 14.9. The summed E-state index contributed by atoms with van der Waals surface area (Å²) in [5.41, 5.74) is 3.38. The standard InChI is InChI=1S/C22H20N4O2S3/c1-14-8-10-16(11-9-14)26-19-18(31-22(26)29)20(28)25(2)21(24-19)30-13-17(27)23-12-15-6-4-3-5-7-15/h3-11H,12-13H2,1-2H3,(H,23,27). The summed E-state index contributed by atoms with van der Waals surface area (Å²) in [4.78, 5) is 29.9. The summed E-state index contributed by atoms with van der Waals surface area (Å²) < 4.78 is 4.36. The number of thiazole rings is 1. The van der Waals surface area contributed by atoms with Crippen molar-refractivity contribution < 1.29 is 4.79 Å². The second-order valence-electron chi connectivity index (χ2n) is 7.00. The normalized spacial score (nSPS) is 11.0. The van der Waals surface area contributed by atoms with Crippen molar-refractivity contribution in [2.75, 3.05) is 5.75 Å². The van der Waals surface area contributed by atoms with Crippen LogP contribution in [0.5, 0.6) is 0 Å². The van der Waals surface area contributed by atoms with E-state index in [1.165, 1.54) is 27.7 Å². The second-order valence-corrected chi connectivity index (χ2v) is 9.59. The van der Waals surface area contributed by atoms with Crippen LogP contribution in [0, 0.1) is 10.9 Å². The number of rotatable bonds is 6. The average Bonchev–Trinajstić information content (AvgIpc) is 3.11. The van der Waals surface area contributed by atoms with E-state index in [4.69, 9.17) is 17.2 Å². The lowest BCUT2D eigenvalue weighted by atomic mass is 10.2. The molecule has 2 aromatic carbocycles. The Morgan fingerprint density at radius 3 is 2.58 bits per heavy atom. The Bertz CT molecular complexity index is 1360. The zero-order valence-corrected chi connectivity index (χ0v) is 19.4. The molecular weight excluding hydrogens is 448 g/mol. The quantitative estimate of drug-likeness (QED) is 0.261. The number of thioether (sulfide) groups is 1. The molecule has 158 valence electrons. The highest BCUT2D eigenvalue weighted by Crippen LogP contribution is 2.25. The molecule has 0 aliphatic carbocycles. The number of nitrogens with one attached hydrogen (secondary N) is 1. The van der Waals surface area contributed by atoms with E-state index in [1.807, 2.05) is 66.1 Å². The van der Waals surface area contributed by atoms with Gasteiger partial charge < -0.3 is 5.32 Å². The summed E-state index contributed by atoms with van der Waals surface area (Å²) in [5.74, 6) is 0.0393. The molecule has 0 saturated carbocycles. The zero-order chi connectivity index (χ0) is 22.0. The number of amides is 1. The highest BCUT2D eigenvalue weighted by Gasteiger charge is 2.17. The summed E-state index contributed by atoms with van der Waals surface area (Å²) in [5, 5.41) is 3.37. The average molecular weight is 469 g/mol. The first-order valence-electron chi connectivity index (χ1n) is 9.57. The molecule has 0 aliphatic rings. The molecule has 31 heavy (non-hydrogen) atoms. The van der Waals surface area contributed by atoms with Crippen LogP contribution in [0.15, 0.2) is 64.5 Å². The van der Waals surface area contributed by atoms with Crippen LogP contribution in [0.3, 0.4) is 0 Å². The van der Waals surface area contributed by atoms with E-state index < -0.39 is 0 Å². The Morgan fingerprint density at radius 2 is 1.87 bits per heavy atom. The smallest absolute Gasteiger partial charge is 0.273 e. The van der Waals surface area contributed by atoms with Crippen LogP contribution in [0.1, 0.15) is 11.1 Å². The minimum atomic E-state index is -0.167. The maximum Gasteiger partial charge on any atom is 0.273 e. The van der Waals surface area contributed by atoms with E-state index in [0.717, 1.165) is 16.8 Å². The van der Waals surface area contributed by atoms with Gasteiger partial charge in [0.05, 0.1) is 5.75 Å². The summed E-state index contributed by atoms with van der Waals surface area (Å²) >= 11 is 8.01. The fourth-order valence-corrected chi connectivity index (χ4v) is 5.18. The van der Waals surface area contributed by atoms with E-state index in [0.29, 0.717) is 26.0 Å². The van der Waals surface area contributed by atoms with Crippen molar-refractivity contribution in [3.63, 3.8) is 0 Å². The molecule has 9 heteroatoms. The SMILES string of the molecule is Cc1ccc(-n2c(=S)sc3c(=O)n(C)c(SCC(=O)NCc4ccccc4)nc32)cc1. The Hall–Kier alpha value is -2.75. The molecule has 0 bridgehead atoms. The molecule has 0 radical (unpaired) electrons. The summed E-state index contributed by atoms with van der Waals surface area (Å²) in [6, 6.07) is 17.6. The van der Waals surface area contributed by atoms with Gasteiger partial charge in [0.15, 0.2) is 14.8 Å². The van der Waals surface area contributed by atoms with Gasteiger partial charge in [-0.3, -0.25) is 18.7 Å². The van der Waals surface area contributed by atoms with Gasteiger partial charge in [-0.05, 0) is 36.8 Å². The molecule has 0 fully saturated rings. The molecule has 4 rings (SSSR count). The van der Waals surface area contributed by atoms with Crippen molar-refractivity contribution in [1.29, 1.82) is 0 Å². The van der Waals surface area contributed by atoms with Gasteiger partial charge in [0.25, 0.3) is 5.56 Å². The number of hydrogen-bond acceptors (Lipinski definition) is 6. The Morgan fingerprint density at radius 1 is 1.16 bits per heavy atom. The maximum absolute atomic E-state index is 12.9. The van der Waals surface area contributed by atoms with E-state index >= 15 is 0 Å². The third-order valence-electron chi connectivity index (χ3n) is 4.73. The van der Waals surface area contributed by atoms with Crippen molar-refractivity contribution in [3.05, 3.63) is 80.0 Å². The molecule has 4 aromatic rings. The van der Waals surface area contributed by atoms with Crippen LogP contribution < -0.4 is 10.9 Å². The Labute approximate surface area is 192 Å². The lowest BCUT2D eigenvalue weighted by Crippen LogP contribution is -2.25. The molecule has 0 unspecified atom stereocenters. The number of nitrogens with zero attached hydrogens (tertiary/aromatic N) is 3. The van der Waals surface area contributed by atoms with E-state index in [-0.39, 0.29) is 17.2 Å². The number of carbonyl (C=O) groups excluding carboxylic acids is 1. The van der Waals surface area contributed by atoms with Crippen molar-refractivity contribution in [3.8, 4) is 5.69 Å². The number of aromatic nitrogens is 3. The molecule has 0 atom stereocenters. The number of benzene rings is 2. The van der Waals surface area contributed by atoms with Gasteiger partial charge in [-0.2, -0.15) is 0 Å². The summed E-state index contributed by atoms with van der Waals surface area (Å²) in [6.07, 6.45) is 0. The first-order valence-corrected chi connectivity index (χ1v) is 11.8. The van der Waals surface area contributed by atoms with Gasteiger partial charge in [-0.25, -0.2) is 4.98 Å². The predicted molar refractivity (Wildman–Crippen MR) is 129 cm³/mol. The monoisotopic (exact) mass is 468 g/mol. The van der Waals surface area contributed by atoms with Crippen LogP contribution in [0.2, 0.25) is 0 Å². The number of aryl methyl sites for hydroxylation is 1. The molecule has 2 heterocycles. The van der Waals surface area contributed by atoms with Crippen molar-refractivity contribution in [2.45, 2.75) is 18.6 Å². The van der Waals surface area contributed by atoms with Gasteiger partial charge in [0.2, 0.25) is 5.91 Å². The van der Waals surface area contributed by atoms with Gasteiger partial charge in [0, 0.05) is 19.3 Å². The van der Waals surface area contributed by atoms with Crippen LogP contribution in [-0.2, 0) is 18.4 Å². The molecule has 0 saturated heterocycles. The van der Waals surface area contributed by atoms with Gasteiger partial charge in [0.1, 0.15) is 4.70 Å². The highest BCUT2D eigenvalue weighted by atomic mass is 32.2. The third-order valence-corrected chi connectivity index (χ3v) is 7.11. The number of hydrogen-bond donors (Lipinski definition) is 1. The van der Waals surface area contributed by atoms with Crippen LogP contribution in [0.4, 0.5) is 0 Å². The van der Waals surface area contributed by atoms with Crippen molar-refractivity contribution in [1.82, 2.24) is 19.4 Å². The van der Waals surface area contributed by atoms with E-state index in [1.54, 1.807) is 7.05 Å². The second kappa shape index (κ2) is 9.17. The number of fused-ring (bicyclic) bond motifs is 1. The lowest BCUT2D eigenvalue weighted by Gasteiger charge is -2.09. The largest absolute Gasteiger partial charge is 0.351 e.